The number of carbonyl (C=O) groups is 3. The van der Waals surface area contributed by atoms with E-state index in [4.69, 9.17) is 14.2 Å². The first-order chi connectivity index (χ1) is 14.3. The Morgan fingerprint density at radius 3 is 2.63 bits per heavy atom. The van der Waals surface area contributed by atoms with Crippen LogP contribution in [-0.2, 0) is 28.6 Å². The van der Waals surface area contributed by atoms with Gasteiger partial charge in [0, 0.05) is 23.8 Å². The van der Waals surface area contributed by atoms with E-state index < -0.39 is 5.97 Å². The summed E-state index contributed by atoms with van der Waals surface area (Å²) in [7, 11) is 0. The Labute approximate surface area is 178 Å². The highest BCUT2D eigenvalue weighted by atomic mass is 16.6. The normalized spacial score (nSPS) is 35.3. The molecule has 3 aliphatic carbocycles. The molecule has 4 rings (SSSR count). The summed E-state index contributed by atoms with van der Waals surface area (Å²) in [6, 6.07) is 0. The van der Waals surface area contributed by atoms with Crippen LogP contribution in [0.25, 0.3) is 0 Å². The molecule has 6 nitrogen and oxygen atoms in total. The van der Waals surface area contributed by atoms with E-state index in [0.717, 1.165) is 19.3 Å². The maximum absolute atomic E-state index is 12.6. The largest absolute Gasteiger partial charge is 0.462 e. The molecule has 4 fully saturated rings. The monoisotopic (exact) mass is 418 g/mol. The molecule has 30 heavy (non-hydrogen) atoms. The maximum Gasteiger partial charge on any atom is 0.333 e. The van der Waals surface area contributed by atoms with Gasteiger partial charge >= 0.3 is 17.9 Å². The summed E-state index contributed by atoms with van der Waals surface area (Å²) in [5, 5.41) is 0. The van der Waals surface area contributed by atoms with Crippen LogP contribution in [0.2, 0.25) is 0 Å². The predicted octanol–water partition coefficient (Wildman–Crippen LogP) is 3.97. The highest BCUT2D eigenvalue weighted by Crippen LogP contribution is 2.62. The minimum absolute atomic E-state index is 0.000493. The molecule has 0 aromatic carbocycles. The predicted molar refractivity (Wildman–Crippen MR) is 109 cm³/mol. The van der Waals surface area contributed by atoms with E-state index in [2.05, 4.69) is 13.5 Å². The molecular weight excluding hydrogens is 384 g/mol. The standard InChI is InChI=1S/C24H34O6/c1-4-24(9-5-6-10-24)13-17-15-12-16-19(17)23(27)30-21(16)20(15)29-18(25)8-7-11-28-22(26)14(2)3/h15-17,19-21H,2,4-13H2,1,3H3. The van der Waals surface area contributed by atoms with Crippen LogP contribution in [0.3, 0.4) is 0 Å². The summed E-state index contributed by atoms with van der Waals surface area (Å²) >= 11 is 0. The van der Waals surface area contributed by atoms with Crippen LogP contribution in [-0.4, -0.2) is 36.7 Å². The number of rotatable bonds is 9. The van der Waals surface area contributed by atoms with Gasteiger partial charge in [-0.05, 0) is 50.4 Å². The molecular formula is C24H34O6. The molecule has 6 heteroatoms. The van der Waals surface area contributed by atoms with Gasteiger partial charge in [-0.2, -0.15) is 0 Å². The molecule has 0 radical (unpaired) electrons. The van der Waals surface area contributed by atoms with Gasteiger partial charge in [-0.1, -0.05) is 32.8 Å². The Morgan fingerprint density at radius 2 is 1.97 bits per heavy atom. The molecule has 4 aliphatic rings. The first kappa shape index (κ1) is 21.4. The van der Waals surface area contributed by atoms with Crippen molar-refractivity contribution in [1.29, 1.82) is 0 Å². The van der Waals surface area contributed by atoms with Gasteiger partial charge in [-0.3, -0.25) is 9.59 Å². The smallest absolute Gasteiger partial charge is 0.333 e. The zero-order chi connectivity index (χ0) is 21.5. The Morgan fingerprint density at radius 1 is 1.23 bits per heavy atom. The van der Waals surface area contributed by atoms with Crippen molar-refractivity contribution in [3.63, 3.8) is 0 Å². The number of carbonyl (C=O) groups excluding carboxylic acids is 3. The van der Waals surface area contributed by atoms with Crippen molar-refractivity contribution in [2.75, 3.05) is 6.61 Å². The second-order valence-corrected chi connectivity index (χ2v) is 9.89. The van der Waals surface area contributed by atoms with Crippen LogP contribution in [0.4, 0.5) is 0 Å². The lowest BCUT2D eigenvalue weighted by Gasteiger charge is -2.37. The maximum atomic E-state index is 12.6. The third kappa shape index (κ3) is 3.78. The second-order valence-electron chi connectivity index (χ2n) is 9.89. The lowest BCUT2D eigenvalue weighted by Crippen LogP contribution is -2.42. The van der Waals surface area contributed by atoms with Crippen molar-refractivity contribution in [1.82, 2.24) is 0 Å². The van der Waals surface area contributed by atoms with Crippen molar-refractivity contribution in [3.8, 4) is 0 Å². The fourth-order valence-corrected chi connectivity index (χ4v) is 6.61. The zero-order valence-corrected chi connectivity index (χ0v) is 18.2. The highest BCUT2D eigenvalue weighted by molar-refractivity contribution is 5.86. The van der Waals surface area contributed by atoms with E-state index >= 15 is 0 Å². The molecule has 2 bridgehead atoms. The minimum atomic E-state index is -0.444. The molecule has 1 saturated heterocycles. The second kappa shape index (κ2) is 8.35. The quantitative estimate of drug-likeness (QED) is 0.244. The number of ether oxygens (including phenoxy) is 3. The third-order valence-electron chi connectivity index (χ3n) is 8.17. The Balaban J connectivity index is 1.35. The third-order valence-corrected chi connectivity index (χ3v) is 8.17. The van der Waals surface area contributed by atoms with Crippen LogP contribution in [0.1, 0.15) is 71.6 Å². The van der Waals surface area contributed by atoms with Gasteiger partial charge in [0.2, 0.25) is 0 Å². The first-order valence-electron chi connectivity index (χ1n) is 11.6. The lowest BCUT2D eigenvalue weighted by molar-refractivity contribution is -0.163. The molecule has 0 aromatic rings. The summed E-state index contributed by atoms with van der Waals surface area (Å²) in [6.07, 6.45) is 8.20. The highest BCUT2D eigenvalue weighted by Gasteiger charge is 2.68. The molecule has 3 saturated carbocycles. The van der Waals surface area contributed by atoms with Crippen LogP contribution in [0.5, 0.6) is 0 Å². The van der Waals surface area contributed by atoms with Crippen LogP contribution >= 0.6 is 0 Å². The van der Waals surface area contributed by atoms with Gasteiger partial charge in [0.05, 0.1) is 12.5 Å². The molecule has 0 amide bonds. The summed E-state index contributed by atoms with van der Waals surface area (Å²) < 4.78 is 16.6. The molecule has 0 spiro atoms. The summed E-state index contributed by atoms with van der Waals surface area (Å²) in [5.41, 5.74) is 0.685. The Hall–Kier alpha value is -1.85. The summed E-state index contributed by atoms with van der Waals surface area (Å²) in [5.74, 6) is -0.118. The molecule has 1 heterocycles. The molecule has 1 aliphatic heterocycles. The van der Waals surface area contributed by atoms with Crippen LogP contribution in [0.15, 0.2) is 12.2 Å². The van der Waals surface area contributed by atoms with E-state index in [1.807, 2.05) is 0 Å². The summed E-state index contributed by atoms with van der Waals surface area (Å²) in [4.78, 5) is 36.5. The topological polar surface area (TPSA) is 78.9 Å². The van der Waals surface area contributed by atoms with Crippen molar-refractivity contribution >= 4 is 17.9 Å². The molecule has 6 atom stereocenters. The fraction of sp³-hybridized carbons (Fsp3) is 0.792. The van der Waals surface area contributed by atoms with E-state index in [1.165, 1.54) is 25.7 Å². The zero-order valence-electron chi connectivity index (χ0n) is 18.2. The van der Waals surface area contributed by atoms with E-state index in [-0.39, 0.29) is 60.8 Å². The summed E-state index contributed by atoms with van der Waals surface area (Å²) in [6.45, 7) is 7.56. The molecule has 6 unspecified atom stereocenters. The van der Waals surface area contributed by atoms with Crippen molar-refractivity contribution in [3.05, 3.63) is 12.2 Å². The lowest BCUT2D eigenvalue weighted by atomic mass is 9.67. The number of esters is 3. The van der Waals surface area contributed by atoms with Gasteiger partial charge in [-0.15, -0.1) is 0 Å². The average molecular weight is 419 g/mol. The Bertz CT molecular complexity index is 721. The van der Waals surface area contributed by atoms with Crippen molar-refractivity contribution in [2.24, 2.45) is 29.1 Å². The van der Waals surface area contributed by atoms with Crippen LogP contribution in [0, 0.1) is 29.1 Å². The van der Waals surface area contributed by atoms with E-state index in [0.29, 0.717) is 17.4 Å². The van der Waals surface area contributed by atoms with Gasteiger partial charge in [0.15, 0.2) is 0 Å². The minimum Gasteiger partial charge on any atom is -0.462 e. The molecule has 166 valence electrons. The van der Waals surface area contributed by atoms with Gasteiger partial charge < -0.3 is 14.2 Å². The van der Waals surface area contributed by atoms with E-state index in [1.54, 1.807) is 6.92 Å². The fourth-order valence-electron chi connectivity index (χ4n) is 6.61. The number of hydrogen-bond donors (Lipinski definition) is 0. The van der Waals surface area contributed by atoms with Crippen molar-refractivity contribution in [2.45, 2.75) is 83.8 Å². The van der Waals surface area contributed by atoms with Crippen molar-refractivity contribution < 1.29 is 28.6 Å². The van der Waals surface area contributed by atoms with Gasteiger partial charge in [-0.25, -0.2) is 4.79 Å². The molecule has 0 aromatic heterocycles. The Kier molecular flexibility index (Phi) is 5.95. The van der Waals surface area contributed by atoms with Crippen LogP contribution < -0.4 is 0 Å². The average Bonchev–Trinajstić information content (AvgIpc) is 3.44. The SMILES string of the molecule is C=C(C)C(=O)OCCCC(=O)OC1C2CC3C1OC(=O)C3C2CC1(CC)CCCC1. The number of hydrogen-bond acceptors (Lipinski definition) is 6. The first-order valence-corrected chi connectivity index (χ1v) is 11.6. The number of fused-ring (bicyclic) bond motifs is 1. The van der Waals surface area contributed by atoms with Gasteiger partial charge in [0.25, 0.3) is 0 Å². The molecule has 0 N–H and O–H groups in total. The van der Waals surface area contributed by atoms with Gasteiger partial charge in [0.1, 0.15) is 12.2 Å². The van der Waals surface area contributed by atoms with E-state index in [9.17, 15) is 14.4 Å².